The fraction of sp³-hybridized carbons (Fsp3) is 0.407. The first-order valence-corrected chi connectivity index (χ1v) is 12.3. The van der Waals surface area contributed by atoms with Crippen molar-refractivity contribution < 1.29 is 31.9 Å². The Morgan fingerprint density at radius 2 is 1.68 bits per heavy atom. The molecule has 37 heavy (non-hydrogen) atoms. The number of benzene rings is 2. The Morgan fingerprint density at radius 3 is 2.27 bits per heavy atom. The van der Waals surface area contributed by atoms with E-state index in [9.17, 15) is 22.8 Å². The van der Waals surface area contributed by atoms with E-state index >= 15 is 0 Å². The summed E-state index contributed by atoms with van der Waals surface area (Å²) in [5.74, 6) is -1.91. The van der Waals surface area contributed by atoms with Gasteiger partial charge in [-0.25, -0.2) is 0 Å². The Hall–Kier alpha value is -3.69. The standard InChI is InChI=1S/C27H30F3N3O4/c1-3-5-7-22(18-10-12-20(13-11-18)25-32-33-26(37-25)27(28,29)30)31-21-16-14-19(15-17-21)23(34)8-6-9-24(35)36-4-2/h10-17,22,31H,3-9H2,1-2H3/t22-/m0/s1. The molecule has 2 aromatic carbocycles. The number of nitrogens with zero attached hydrogens (tertiary/aromatic N) is 2. The number of alkyl halides is 3. The maximum Gasteiger partial charge on any atom is 0.470 e. The number of esters is 1. The Bertz CT molecular complexity index is 1160. The molecular weight excluding hydrogens is 487 g/mol. The molecule has 0 saturated heterocycles. The number of ketones is 1. The van der Waals surface area contributed by atoms with Crippen LogP contribution >= 0.6 is 0 Å². The van der Waals surface area contributed by atoms with Gasteiger partial charge in [-0.2, -0.15) is 13.2 Å². The molecule has 3 aromatic rings. The summed E-state index contributed by atoms with van der Waals surface area (Å²) >= 11 is 0. The molecule has 0 aliphatic carbocycles. The molecule has 0 unspecified atom stereocenters. The minimum atomic E-state index is -4.69. The number of Topliss-reactive ketones (excluding diaryl/α,β-unsaturated/α-hetero) is 1. The maximum absolute atomic E-state index is 12.8. The number of ether oxygens (including phenoxy) is 1. The summed E-state index contributed by atoms with van der Waals surface area (Å²) in [5, 5.41) is 10.0. The van der Waals surface area contributed by atoms with E-state index in [-0.39, 0.29) is 36.5 Å². The Morgan fingerprint density at radius 1 is 0.973 bits per heavy atom. The van der Waals surface area contributed by atoms with E-state index in [1.165, 1.54) is 0 Å². The minimum absolute atomic E-state index is 0.0383. The van der Waals surface area contributed by atoms with Crippen molar-refractivity contribution in [1.29, 1.82) is 0 Å². The van der Waals surface area contributed by atoms with Crippen LogP contribution in [0, 0.1) is 0 Å². The molecule has 198 valence electrons. The van der Waals surface area contributed by atoms with Crippen molar-refractivity contribution in [3.05, 3.63) is 65.5 Å². The predicted octanol–water partition coefficient (Wildman–Crippen LogP) is 7.01. The van der Waals surface area contributed by atoms with E-state index < -0.39 is 12.1 Å². The van der Waals surface area contributed by atoms with Gasteiger partial charge in [0.05, 0.1) is 12.6 Å². The number of unbranched alkanes of at least 4 members (excludes halogenated alkanes) is 1. The highest BCUT2D eigenvalue weighted by Gasteiger charge is 2.38. The second kappa shape index (κ2) is 13.0. The third kappa shape index (κ3) is 8.16. The van der Waals surface area contributed by atoms with Crippen molar-refractivity contribution in [2.75, 3.05) is 11.9 Å². The van der Waals surface area contributed by atoms with Crippen molar-refractivity contribution in [3.8, 4) is 11.5 Å². The lowest BCUT2D eigenvalue weighted by atomic mass is 9.99. The third-order valence-corrected chi connectivity index (χ3v) is 5.71. The average Bonchev–Trinajstić information content (AvgIpc) is 3.38. The van der Waals surface area contributed by atoms with Crippen LogP contribution in [0.4, 0.5) is 18.9 Å². The molecular formula is C27H30F3N3O4. The number of carbonyl (C=O) groups excluding carboxylic acids is 2. The number of anilines is 1. The number of rotatable bonds is 13. The molecule has 0 saturated carbocycles. The average molecular weight is 518 g/mol. The lowest BCUT2D eigenvalue weighted by Crippen LogP contribution is -2.11. The van der Waals surface area contributed by atoms with Crippen molar-refractivity contribution >= 4 is 17.4 Å². The number of hydrogen-bond donors (Lipinski definition) is 1. The summed E-state index contributed by atoms with van der Waals surface area (Å²) < 4.78 is 47.9. The highest BCUT2D eigenvalue weighted by molar-refractivity contribution is 5.96. The normalized spacial score (nSPS) is 12.2. The SMILES string of the molecule is CCCC[C@H](Nc1ccc(C(=O)CCCC(=O)OCC)cc1)c1ccc(-c2nnc(C(F)(F)F)o2)cc1. The van der Waals surface area contributed by atoms with Gasteiger partial charge in [0, 0.05) is 29.7 Å². The molecule has 1 aromatic heterocycles. The summed E-state index contributed by atoms with van der Waals surface area (Å²) in [6.07, 6.45) is -0.971. The van der Waals surface area contributed by atoms with Gasteiger partial charge in [-0.05, 0) is 61.7 Å². The van der Waals surface area contributed by atoms with E-state index in [1.807, 2.05) is 24.3 Å². The number of halogens is 3. The zero-order valence-electron chi connectivity index (χ0n) is 20.8. The Balaban J connectivity index is 1.65. The zero-order valence-corrected chi connectivity index (χ0v) is 20.8. The van der Waals surface area contributed by atoms with Crippen molar-refractivity contribution in [1.82, 2.24) is 10.2 Å². The number of hydrogen-bond acceptors (Lipinski definition) is 7. The second-order valence-corrected chi connectivity index (χ2v) is 8.53. The van der Waals surface area contributed by atoms with Gasteiger partial charge in [0.1, 0.15) is 0 Å². The van der Waals surface area contributed by atoms with E-state index in [2.05, 4.69) is 22.4 Å². The summed E-state index contributed by atoms with van der Waals surface area (Å²) in [6.45, 7) is 4.16. The molecule has 0 amide bonds. The van der Waals surface area contributed by atoms with E-state index in [0.717, 1.165) is 30.5 Å². The van der Waals surface area contributed by atoms with E-state index in [1.54, 1.807) is 31.2 Å². The van der Waals surface area contributed by atoms with Gasteiger partial charge in [0.25, 0.3) is 0 Å². The molecule has 0 bridgehead atoms. The smallest absolute Gasteiger partial charge is 0.466 e. The zero-order chi connectivity index (χ0) is 26.8. The topological polar surface area (TPSA) is 94.3 Å². The van der Waals surface area contributed by atoms with Crippen molar-refractivity contribution in [3.63, 3.8) is 0 Å². The lowest BCUT2D eigenvalue weighted by molar-refractivity contribution is -0.157. The molecule has 0 aliphatic rings. The third-order valence-electron chi connectivity index (χ3n) is 5.71. The summed E-state index contributed by atoms with van der Waals surface area (Å²) in [7, 11) is 0. The van der Waals surface area contributed by atoms with Gasteiger partial charge in [0.2, 0.25) is 5.89 Å². The van der Waals surface area contributed by atoms with Crippen LogP contribution in [0.25, 0.3) is 11.5 Å². The van der Waals surface area contributed by atoms with Crippen LogP contribution in [0.3, 0.4) is 0 Å². The molecule has 1 atom stereocenters. The molecule has 0 radical (unpaired) electrons. The van der Waals surface area contributed by atoms with Crippen LogP contribution in [0.2, 0.25) is 0 Å². The summed E-state index contributed by atoms with van der Waals surface area (Å²) in [6, 6.07) is 14.1. The first-order chi connectivity index (χ1) is 17.7. The monoisotopic (exact) mass is 517 g/mol. The van der Waals surface area contributed by atoms with Gasteiger partial charge in [0.15, 0.2) is 5.78 Å². The molecule has 3 rings (SSSR count). The van der Waals surface area contributed by atoms with Crippen molar-refractivity contribution in [2.24, 2.45) is 0 Å². The lowest BCUT2D eigenvalue weighted by Gasteiger charge is -2.21. The molecule has 0 spiro atoms. The number of aromatic nitrogens is 2. The van der Waals surface area contributed by atoms with Crippen LogP contribution in [-0.2, 0) is 15.7 Å². The van der Waals surface area contributed by atoms with E-state index in [0.29, 0.717) is 24.2 Å². The van der Waals surface area contributed by atoms with Crippen LogP contribution < -0.4 is 5.32 Å². The number of carbonyl (C=O) groups is 2. The van der Waals surface area contributed by atoms with Crippen molar-refractivity contribution in [2.45, 2.75) is 64.6 Å². The van der Waals surface area contributed by atoms with Crippen LogP contribution in [0.1, 0.15) is 80.2 Å². The largest absolute Gasteiger partial charge is 0.470 e. The molecule has 0 aliphatic heterocycles. The van der Waals surface area contributed by atoms with Gasteiger partial charge in [-0.3, -0.25) is 9.59 Å². The van der Waals surface area contributed by atoms with Crippen LogP contribution in [0.5, 0.6) is 0 Å². The fourth-order valence-electron chi connectivity index (χ4n) is 3.77. The second-order valence-electron chi connectivity index (χ2n) is 8.53. The van der Waals surface area contributed by atoms with E-state index in [4.69, 9.17) is 9.15 Å². The van der Waals surface area contributed by atoms with Crippen LogP contribution in [0.15, 0.2) is 52.9 Å². The highest BCUT2D eigenvalue weighted by atomic mass is 19.4. The highest BCUT2D eigenvalue weighted by Crippen LogP contribution is 2.31. The summed E-state index contributed by atoms with van der Waals surface area (Å²) in [4.78, 5) is 23.9. The maximum atomic E-state index is 12.8. The fourth-order valence-corrected chi connectivity index (χ4v) is 3.77. The quantitative estimate of drug-likeness (QED) is 0.192. The number of nitrogens with one attached hydrogen (secondary N) is 1. The first kappa shape index (κ1) is 27.9. The first-order valence-electron chi connectivity index (χ1n) is 12.3. The van der Waals surface area contributed by atoms with Gasteiger partial charge >= 0.3 is 18.0 Å². The Kier molecular flexibility index (Phi) is 9.82. The summed E-state index contributed by atoms with van der Waals surface area (Å²) in [5.41, 5.74) is 2.75. The molecule has 1 N–H and O–H groups in total. The predicted molar refractivity (Wildman–Crippen MR) is 132 cm³/mol. The van der Waals surface area contributed by atoms with Crippen LogP contribution in [-0.4, -0.2) is 28.6 Å². The van der Waals surface area contributed by atoms with Gasteiger partial charge in [-0.1, -0.05) is 31.9 Å². The minimum Gasteiger partial charge on any atom is -0.466 e. The molecule has 1 heterocycles. The molecule has 7 nitrogen and oxygen atoms in total. The Labute approximate surface area is 213 Å². The van der Waals surface area contributed by atoms with Gasteiger partial charge in [-0.15, -0.1) is 10.2 Å². The molecule has 10 heteroatoms. The molecule has 0 fully saturated rings. The van der Waals surface area contributed by atoms with Gasteiger partial charge < -0.3 is 14.5 Å².